The van der Waals surface area contributed by atoms with Gasteiger partial charge in [0.15, 0.2) is 0 Å². The second kappa shape index (κ2) is 4.24. The van der Waals surface area contributed by atoms with Crippen molar-refractivity contribution in [3.05, 3.63) is 33.8 Å². The molecule has 0 atom stereocenters. The van der Waals surface area contributed by atoms with Crippen LogP contribution >= 0.6 is 15.9 Å². The van der Waals surface area contributed by atoms with E-state index in [4.69, 9.17) is 10.00 Å². The molecule has 0 heterocycles. The fourth-order valence-electron chi connectivity index (χ4n) is 0.889. The van der Waals surface area contributed by atoms with E-state index in [1.807, 2.05) is 6.07 Å². The third-order valence-electron chi connectivity index (χ3n) is 1.48. The topological polar surface area (TPSA) is 33.0 Å². The molecule has 1 aromatic carbocycles. The van der Waals surface area contributed by atoms with E-state index in [-0.39, 0.29) is 0 Å². The van der Waals surface area contributed by atoms with Crippen LogP contribution in [0.25, 0.3) is 0 Å². The summed E-state index contributed by atoms with van der Waals surface area (Å²) in [4.78, 5) is 0. The van der Waals surface area contributed by atoms with Crippen LogP contribution in [0.15, 0.2) is 22.7 Å². The van der Waals surface area contributed by atoms with Crippen LogP contribution in [-0.2, 0) is 11.3 Å². The van der Waals surface area contributed by atoms with E-state index in [0.29, 0.717) is 12.2 Å². The van der Waals surface area contributed by atoms with E-state index in [1.165, 1.54) is 0 Å². The molecule has 0 N–H and O–H groups in total. The molecule has 0 aromatic heterocycles. The maximum atomic E-state index is 8.58. The predicted octanol–water partition coefficient (Wildman–Crippen LogP) is 2.47. The third-order valence-corrected chi connectivity index (χ3v) is 2.22. The predicted molar refractivity (Wildman–Crippen MR) is 49.6 cm³/mol. The Morgan fingerprint density at radius 3 is 2.83 bits per heavy atom. The van der Waals surface area contributed by atoms with Gasteiger partial charge in [0.2, 0.25) is 0 Å². The standard InChI is InChI=1S/C9H8BrNO/c1-12-6-8-3-2-7(5-11)4-9(8)10/h2-4H,6H2,1H3. The summed E-state index contributed by atoms with van der Waals surface area (Å²) in [6.45, 7) is 0.562. The molecule has 62 valence electrons. The van der Waals surface area contributed by atoms with Gasteiger partial charge in [-0.2, -0.15) is 5.26 Å². The van der Waals surface area contributed by atoms with Crippen LogP contribution in [0.2, 0.25) is 0 Å². The lowest BCUT2D eigenvalue weighted by molar-refractivity contribution is 0.184. The SMILES string of the molecule is COCc1ccc(C#N)cc1Br. The van der Waals surface area contributed by atoms with E-state index in [0.717, 1.165) is 10.0 Å². The zero-order valence-corrected chi connectivity index (χ0v) is 8.26. The quantitative estimate of drug-likeness (QED) is 0.775. The minimum atomic E-state index is 0.562. The monoisotopic (exact) mass is 225 g/mol. The largest absolute Gasteiger partial charge is 0.380 e. The lowest BCUT2D eigenvalue weighted by atomic mass is 10.2. The van der Waals surface area contributed by atoms with Crippen molar-refractivity contribution >= 4 is 15.9 Å². The summed E-state index contributed by atoms with van der Waals surface area (Å²) in [5.41, 5.74) is 1.71. The van der Waals surface area contributed by atoms with Crippen LogP contribution in [0.5, 0.6) is 0 Å². The lowest BCUT2D eigenvalue weighted by Gasteiger charge is -2.02. The van der Waals surface area contributed by atoms with Crippen LogP contribution in [-0.4, -0.2) is 7.11 Å². The van der Waals surface area contributed by atoms with Gasteiger partial charge in [0, 0.05) is 11.6 Å². The molecule has 0 fully saturated rings. The molecule has 0 saturated carbocycles. The molecule has 0 unspecified atom stereocenters. The van der Waals surface area contributed by atoms with Crippen molar-refractivity contribution in [3.63, 3.8) is 0 Å². The summed E-state index contributed by atoms with van der Waals surface area (Å²) in [5.74, 6) is 0. The van der Waals surface area contributed by atoms with Crippen LogP contribution in [0, 0.1) is 11.3 Å². The van der Waals surface area contributed by atoms with Crippen molar-refractivity contribution in [2.45, 2.75) is 6.61 Å². The van der Waals surface area contributed by atoms with Crippen molar-refractivity contribution in [1.29, 1.82) is 5.26 Å². The smallest absolute Gasteiger partial charge is 0.0992 e. The molecule has 12 heavy (non-hydrogen) atoms. The van der Waals surface area contributed by atoms with Gasteiger partial charge in [0.25, 0.3) is 0 Å². The van der Waals surface area contributed by atoms with Gasteiger partial charge < -0.3 is 4.74 Å². The summed E-state index contributed by atoms with van der Waals surface area (Å²) < 4.78 is 5.89. The third kappa shape index (κ3) is 2.07. The lowest BCUT2D eigenvalue weighted by Crippen LogP contribution is -1.89. The number of methoxy groups -OCH3 is 1. The van der Waals surface area contributed by atoms with Gasteiger partial charge in [-0.1, -0.05) is 22.0 Å². The zero-order valence-electron chi connectivity index (χ0n) is 6.67. The summed E-state index contributed by atoms with van der Waals surface area (Å²) in [6, 6.07) is 7.51. The Labute approximate surface area is 79.9 Å². The highest BCUT2D eigenvalue weighted by Gasteiger charge is 1.99. The molecule has 0 aliphatic carbocycles. The molecule has 3 heteroatoms. The van der Waals surface area contributed by atoms with Gasteiger partial charge in [-0.25, -0.2) is 0 Å². The van der Waals surface area contributed by atoms with E-state index in [9.17, 15) is 0 Å². The number of rotatable bonds is 2. The number of hydrogen-bond donors (Lipinski definition) is 0. The Balaban J connectivity index is 2.97. The van der Waals surface area contributed by atoms with Crippen molar-refractivity contribution in [2.75, 3.05) is 7.11 Å². The average Bonchev–Trinajstić information content (AvgIpc) is 2.09. The molecule has 0 spiro atoms. The van der Waals surface area contributed by atoms with Crippen molar-refractivity contribution in [2.24, 2.45) is 0 Å². The van der Waals surface area contributed by atoms with Crippen LogP contribution in [0.1, 0.15) is 11.1 Å². The van der Waals surface area contributed by atoms with Crippen LogP contribution in [0.4, 0.5) is 0 Å². The van der Waals surface area contributed by atoms with Crippen molar-refractivity contribution in [3.8, 4) is 6.07 Å². The number of nitriles is 1. The molecule has 0 amide bonds. The Hall–Kier alpha value is -0.850. The molecule has 0 saturated heterocycles. The maximum Gasteiger partial charge on any atom is 0.0992 e. The first-order valence-electron chi connectivity index (χ1n) is 3.45. The molecule has 2 nitrogen and oxygen atoms in total. The number of nitrogens with zero attached hydrogens (tertiary/aromatic N) is 1. The minimum Gasteiger partial charge on any atom is -0.380 e. The van der Waals surface area contributed by atoms with Crippen molar-refractivity contribution in [1.82, 2.24) is 0 Å². The second-order valence-electron chi connectivity index (χ2n) is 2.35. The molecule has 0 aliphatic rings. The highest BCUT2D eigenvalue weighted by atomic mass is 79.9. The minimum absolute atomic E-state index is 0.562. The molecule has 1 aromatic rings. The summed E-state index contributed by atoms with van der Waals surface area (Å²) in [7, 11) is 1.64. The molecule has 0 aliphatic heterocycles. The Morgan fingerprint density at radius 1 is 1.58 bits per heavy atom. The normalized spacial score (nSPS) is 9.42. The van der Waals surface area contributed by atoms with E-state index >= 15 is 0 Å². The Morgan fingerprint density at radius 2 is 2.33 bits per heavy atom. The van der Waals surface area contributed by atoms with Crippen LogP contribution in [0.3, 0.4) is 0 Å². The first kappa shape index (κ1) is 9.24. The van der Waals surface area contributed by atoms with Gasteiger partial charge in [-0.05, 0) is 17.7 Å². The fourth-order valence-corrected chi connectivity index (χ4v) is 1.38. The molecule has 1 rings (SSSR count). The number of benzene rings is 1. The number of ether oxygens (including phenoxy) is 1. The van der Waals surface area contributed by atoms with E-state index in [1.54, 1.807) is 19.2 Å². The van der Waals surface area contributed by atoms with Gasteiger partial charge in [-0.3, -0.25) is 0 Å². The average molecular weight is 226 g/mol. The highest BCUT2D eigenvalue weighted by Crippen LogP contribution is 2.18. The molecule has 0 radical (unpaired) electrons. The van der Waals surface area contributed by atoms with E-state index < -0.39 is 0 Å². The van der Waals surface area contributed by atoms with Gasteiger partial charge in [0.05, 0.1) is 18.2 Å². The number of hydrogen-bond acceptors (Lipinski definition) is 2. The van der Waals surface area contributed by atoms with Gasteiger partial charge >= 0.3 is 0 Å². The van der Waals surface area contributed by atoms with Gasteiger partial charge in [0.1, 0.15) is 0 Å². The molecular formula is C9H8BrNO. The van der Waals surface area contributed by atoms with E-state index in [2.05, 4.69) is 22.0 Å². The Kier molecular flexibility index (Phi) is 3.27. The van der Waals surface area contributed by atoms with Crippen molar-refractivity contribution < 1.29 is 4.74 Å². The summed E-state index contributed by atoms with van der Waals surface area (Å²) in [6.07, 6.45) is 0. The van der Waals surface area contributed by atoms with Crippen LogP contribution < -0.4 is 0 Å². The molecule has 0 bridgehead atoms. The first-order chi connectivity index (χ1) is 5.77. The Bertz CT molecular complexity index is 317. The highest BCUT2D eigenvalue weighted by molar-refractivity contribution is 9.10. The fraction of sp³-hybridized carbons (Fsp3) is 0.222. The molecular weight excluding hydrogens is 218 g/mol. The first-order valence-corrected chi connectivity index (χ1v) is 4.24. The number of halogens is 1. The maximum absolute atomic E-state index is 8.58. The zero-order chi connectivity index (χ0) is 8.97. The summed E-state index contributed by atoms with van der Waals surface area (Å²) >= 11 is 3.36. The van der Waals surface area contributed by atoms with Gasteiger partial charge in [-0.15, -0.1) is 0 Å². The summed E-state index contributed by atoms with van der Waals surface area (Å²) in [5, 5.41) is 8.58. The second-order valence-corrected chi connectivity index (χ2v) is 3.21.